The lowest BCUT2D eigenvalue weighted by molar-refractivity contribution is 0.100. The average molecular weight is 320 g/mol. The molecule has 1 amide bonds. The largest absolute Gasteiger partial charge is 0.369 e. The Hall–Kier alpha value is -2.84. The summed E-state index contributed by atoms with van der Waals surface area (Å²) in [5.74, 6) is -0.395. The van der Waals surface area contributed by atoms with Gasteiger partial charge in [-0.15, -0.1) is 0 Å². The van der Waals surface area contributed by atoms with Crippen molar-refractivity contribution in [3.63, 3.8) is 0 Å². The quantitative estimate of drug-likeness (QED) is 0.935. The van der Waals surface area contributed by atoms with Crippen LogP contribution in [0, 0.1) is 11.3 Å². The van der Waals surface area contributed by atoms with E-state index in [1.807, 2.05) is 36.4 Å². The minimum atomic E-state index is -0.395. The Labute approximate surface area is 141 Å². The van der Waals surface area contributed by atoms with E-state index in [0.29, 0.717) is 11.1 Å². The van der Waals surface area contributed by atoms with Gasteiger partial charge in [0.1, 0.15) is 0 Å². The summed E-state index contributed by atoms with van der Waals surface area (Å²) in [4.78, 5) is 15.9. The van der Waals surface area contributed by atoms with Crippen molar-refractivity contribution >= 4 is 11.6 Å². The molecule has 24 heavy (non-hydrogen) atoms. The van der Waals surface area contributed by atoms with Crippen molar-refractivity contribution < 1.29 is 4.79 Å². The van der Waals surface area contributed by atoms with Crippen LogP contribution >= 0.6 is 0 Å². The first kappa shape index (κ1) is 16.0. The summed E-state index contributed by atoms with van der Waals surface area (Å²) in [5, 5.41) is 8.84. The second-order valence-electron chi connectivity index (χ2n) is 5.98. The molecule has 1 aliphatic rings. The number of nitriles is 1. The molecule has 2 N–H and O–H groups in total. The third kappa shape index (κ3) is 3.73. The van der Waals surface area contributed by atoms with Crippen molar-refractivity contribution in [2.45, 2.75) is 6.54 Å². The Bertz CT molecular complexity index is 738. The maximum Gasteiger partial charge on any atom is 0.248 e. The van der Waals surface area contributed by atoms with E-state index < -0.39 is 5.91 Å². The van der Waals surface area contributed by atoms with E-state index >= 15 is 0 Å². The topological polar surface area (TPSA) is 73.4 Å². The van der Waals surface area contributed by atoms with E-state index in [9.17, 15) is 4.79 Å². The minimum Gasteiger partial charge on any atom is -0.369 e. The molecule has 0 atom stereocenters. The molecule has 0 spiro atoms. The zero-order chi connectivity index (χ0) is 16.9. The van der Waals surface area contributed by atoms with Crippen LogP contribution in [-0.4, -0.2) is 37.0 Å². The molecule has 122 valence electrons. The van der Waals surface area contributed by atoms with Gasteiger partial charge in [0.25, 0.3) is 0 Å². The van der Waals surface area contributed by atoms with E-state index in [1.165, 1.54) is 5.56 Å². The Morgan fingerprint density at radius 3 is 2.17 bits per heavy atom. The van der Waals surface area contributed by atoms with Crippen LogP contribution in [0.25, 0.3) is 0 Å². The zero-order valence-electron chi connectivity index (χ0n) is 13.5. The Morgan fingerprint density at radius 1 is 1.00 bits per heavy atom. The van der Waals surface area contributed by atoms with Crippen LogP contribution in [0.3, 0.4) is 0 Å². The lowest BCUT2D eigenvalue weighted by Gasteiger charge is -2.36. The number of carbonyl (C=O) groups excluding carboxylic acids is 1. The molecule has 1 heterocycles. The van der Waals surface area contributed by atoms with Gasteiger partial charge in [-0.05, 0) is 42.0 Å². The lowest BCUT2D eigenvalue weighted by atomic mass is 10.1. The summed E-state index contributed by atoms with van der Waals surface area (Å²) in [5.41, 5.74) is 8.87. The van der Waals surface area contributed by atoms with Crippen LogP contribution in [0.4, 0.5) is 5.69 Å². The first-order chi connectivity index (χ1) is 11.7. The molecule has 1 fully saturated rings. The summed E-state index contributed by atoms with van der Waals surface area (Å²) in [6.45, 7) is 4.77. The van der Waals surface area contributed by atoms with E-state index in [4.69, 9.17) is 11.0 Å². The van der Waals surface area contributed by atoms with Gasteiger partial charge in [0.2, 0.25) is 5.91 Å². The first-order valence-corrected chi connectivity index (χ1v) is 8.02. The molecule has 5 heteroatoms. The maximum atomic E-state index is 11.1. The van der Waals surface area contributed by atoms with Crippen LogP contribution < -0.4 is 10.6 Å². The Morgan fingerprint density at radius 2 is 1.62 bits per heavy atom. The summed E-state index contributed by atoms with van der Waals surface area (Å²) in [6, 6.07) is 17.4. The number of primary amides is 1. The fourth-order valence-electron chi connectivity index (χ4n) is 2.94. The summed E-state index contributed by atoms with van der Waals surface area (Å²) >= 11 is 0. The molecule has 1 saturated heterocycles. The van der Waals surface area contributed by atoms with Crippen molar-refractivity contribution in [1.29, 1.82) is 5.26 Å². The minimum absolute atomic E-state index is 0.395. The van der Waals surface area contributed by atoms with Crippen molar-refractivity contribution in [2.24, 2.45) is 5.73 Å². The van der Waals surface area contributed by atoms with Gasteiger partial charge in [-0.1, -0.05) is 12.1 Å². The lowest BCUT2D eigenvalue weighted by Crippen LogP contribution is -2.45. The fraction of sp³-hybridized carbons (Fsp3) is 0.263. The van der Waals surface area contributed by atoms with Crippen LogP contribution in [0.15, 0.2) is 48.5 Å². The monoisotopic (exact) mass is 320 g/mol. The number of hydrogen-bond donors (Lipinski definition) is 1. The van der Waals surface area contributed by atoms with Crippen LogP contribution in [0.5, 0.6) is 0 Å². The summed E-state index contributed by atoms with van der Waals surface area (Å²) in [7, 11) is 0. The molecule has 5 nitrogen and oxygen atoms in total. The summed E-state index contributed by atoms with van der Waals surface area (Å²) < 4.78 is 0. The van der Waals surface area contributed by atoms with Crippen molar-refractivity contribution in [2.75, 3.05) is 31.1 Å². The number of carbonyl (C=O) groups is 1. The highest BCUT2D eigenvalue weighted by Crippen LogP contribution is 2.18. The van der Waals surface area contributed by atoms with Crippen LogP contribution in [0.1, 0.15) is 21.5 Å². The number of rotatable bonds is 4. The molecular formula is C19H20N4O. The Balaban J connectivity index is 1.55. The molecule has 0 unspecified atom stereocenters. The average Bonchev–Trinajstić information content (AvgIpc) is 2.63. The number of piperazine rings is 1. The van der Waals surface area contributed by atoms with E-state index in [0.717, 1.165) is 38.4 Å². The van der Waals surface area contributed by atoms with Gasteiger partial charge in [0, 0.05) is 44.0 Å². The van der Waals surface area contributed by atoms with E-state index in [-0.39, 0.29) is 0 Å². The van der Waals surface area contributed by atoms with Gasteiger partial charge < -0.3 is 10.6 Å². The molecule has 1 aliphatic heterocycles. The van der Waals surface area contributed by atoms with Gasteiger partial charge in [-0.3, -0.25) is 9.69 Å². The molecule has 0 bridgehead atoms. The standard InChI is InChI=1S/C19H20N4O/c20-13-15-1-3-16(4-2-15)14-22-9-11-23(12-10-22)18-7-5-17(6-8-18)19(21)24/h1-8H,9-12,14H2,(H2,21,24). The highest BCUT2D eigenvalue weighted by molar-refractivity contribution is 5.93. The van der Waals surface area contributed by atoms with E-state index in [2.05, 4.69) is 15.9 Å². The first-order valence-electron chi connectivity index (χ1n) is 8.02. The highest BCUT2D eigenvalue weighted by atomic mass is 16.1. The smallest absolute Gasteiger partial charge is 0.248 e. The Kier molecular flexibility index (Phi) is 4.78. The van der Waals surface area contributed by atoms with Crippen LogP contribution in [-0.2, 0) is 6.54 Å². The predicted octanol–water partition coefficient (Wildman–Crippen LogP) is 1.98. The molecule has 0 aliphatic carbocycles. The van der Waals surface area contributed by atoms with Gasteiger partial charge in [-0.25, -0.2) is 0 Å². The number of hydrogen-bond acceptors (Lipinski definition) is 4. The molecule has 3 rings (SSSR count). The number of benzene rings is 2. The fourth-order valence-corrected chi connectivity index (χ4v) is 2.94. The third-order valence-corrected chi connectivity index (χ3v) is 4.38. The van der Waals surface area contributed by atoms with Crippen LogP contribution in [0.2, 0.25) is 0 Å². The second-order valence-corrected chi connectivity index (χ2v) is 5.98. The highest BCUT2D eigenvalue weighted by Gasteiger charge is 2.17. The molecule has 0 saturated carbocycles. The molecule has 0 aromatic heterocycles. The predicted molar refractivity (Wildman–Crippen MR) is 93.6 cm³/mol. The van der Waals surface area contributed by atoms with Gasteiger partial charge in [0.05, 0.1) is 11.6 Å². The number of nitrogens with zero attached hydrogens (tertiary/aromatic N) is 3. The van der Waals surface area contributed by atoms with E-state index in [1.54, 1.807) is 12.1 Å². The molecule has 0 radical (unpaired) electrons. The number of amides is 1. The van der Waals surface area contributed by atoms with Crippen molar-refractivity contribution in [3.8, 4) is 6.07 Å². The SMILES string of the molecule is N#Cc1ccc(CN2CCN(c3ccc(C(N)=O)cc3)CC2)cc1. The maximum absolute atomic E-state index is 11.1. The third-order valence-electron chi connectivity index (χ3n) is 4.38. The normalized spacial score (nSPS) is 15.0. The number of anilines is 1. The van der Waals surface area contributed by atoms with Crippen molar-refractivity contribution in [1.82, 2.24) is 4.90 Å². The molecule has 2 aromatic rings. The second kappa shape index (κ2) is 7.16. The number of nitrogens with two attached hydrogens (primary N) is 1. The van der Waals surface area contributed by atoms with Gasteiger partial charge in [-0.2, -0.15) is 5.26 Å². The van der Waals surface area contributed by atoms with Gasteiger partial charge in [0.15, 0.2) is 0 Å². The zero-order valence-corrected chi connectivity index (χ0v) is 13.5. The molecular weight excluding hydrogens is 300 g/mol. The van der Waals surface area contributed by atoms with Gasteiger partial charge >= 0.3 is 0 Å². The summed E-state index contributed by atoms with van der Waals surface area (Å²) in [6.07, 6.45) is 0. The molecule has 2 aromatic carbocycles. The van der Waals surface area contributed by atoms with Crippen molar-refractivity contribution in [3.05, 3.63) is 65.2 Å².